The summed E-state index contributed by atoms with van der Waals surface area (Å²) >= 11 is 10.3. The topological polar surface area (TPSA) is 616 Å². The fraction of sp³-hybridized carbons (Fsp3) is 0.937. The zero-order valence-corrected chi connectivity index (χ0v) is 62.5. The van der Waals surface area contributed by atoms with Gasteiger partial charge in [0.05, 0.1) is 89.7 Å². The second kappa shape index (κ2) is 44.6. The Morgan fingerprint density at radius 3 is 1.09 bits per heavy atom. The van der Waals surface area contributed by atoms with Crippen LogP contribution in [0, 0.1) is 5.92 Å². The van der Waals surface area contributed by atoms with E-state index in [-0.39, 0.29) is 99.1 Å². The molecule has 21 saturated heterocycles. The third-order valence-electron chi connectivity index (χ3n) is 19.3. The number of nitrogens with one attached hydrogen (secondary N) is 3. The molecule has 0 aliphatic carbocycles. The van der Waals surface area contributed by atoms with Crippen LogP contribution in [0.2, 0.25) is 0 Å². The minimum atomic E-state index is -2.27. The molecular formula is C63H107N3O38S4. The van der Waals surface area contributed by atoms with Crippen molar-refractivity contribution in [2.75, 3.05) is 114 Å². The average Bonchev–Trinajstić information content (AvgIpc) is 0.780. The number of rotatable bonds is 31. The lowest BCUT2D eigenvalue weighted by Gasteiger charge is -2.50. The Labute approximate surface area is 639 Å². The Morgan fingerprint density at radius 1 is 0.407 bits per heavy atom. The van der Waals surface area contributed by atoms with Gasteiger partial charge < -0.3 is 184 Å². The monoisotopic (exact) mass is 1640 g/mol. The van der Waals surface area contributed by atoms with Crippen LogP contribution in [0.25, 0.3) is 0 Å². The summed E-state index contributed by atoms with van der Waals surface area (Å²) in [5.74, 6) is -2.67. The quantitative estimate of drug-likeness (QED) is 0.0226. The standard InChI is InChI=1S/C63H107N3O38S4/c1-24(72)3-7-89-9-10-90-8-4-26(73)13-25(55(87)65-5-11-105)20-107-22-35-53-42(80)48(86)63(98-35)102-52-34(19-71)94-60(45(83)38(52)76)101-51-33(18-70)96-62(47(85)40(51)78)104-54-36(23-108-21-27(64-2)56(88)66-6-12-106)97-58(43(81)41(54)79)91-29-14-28(74)57(92-30(29)15-67)99-49-31(16-68)93-59(44(82)37(49)75)100-50-32(17-69)95-61(103-53)46(84)39(50)77/h25,27-54,57-64,67-71,74-86,105-106H,3-23H2,1-2H3,(H,65,87)(H,66,88)/t25-,27-,28?,29+,30?,31?,32?,33?,34?,35?,36?,37-,38-,39-,40-,41-,42-,43?,44?,45?,46?,47?,48?,49+,50+,51+,52+,53+,54+,57+,58+,59+,60-,61+,62-,63+/m1/s1. The number of aliphatic hydroxyl groups is 18. The molecule has 21 aliphatic rings. The van der Waals surface area contributed by atoms with Crippen molar-refractivity contribution in [1.82, 2.24) is 16.0 Å². The lowest BCUT2D eigenvalue weighted by Crippen LogP contribution is -2.68. The molecule has 21 heterocycles. The Hall–Kier alpha value is -1.72. The summed E-state index contributed by atoms with van der Waals surface area (Å²) in [4.78, 5) is 51.3. The van der Waals surface area contributed by atoms with Crippen LogP contribution in [0.5, 0.6) is 0 Å². The Balaban J connectivity index is 1.08. The molecule has 21 rings (SSSR count). The first kappa shape index (κ1) is 91.8. The van der Waals surface area contributed by atoms with E-state index in [2.05, 4.69) is 41.2 Å². The number of likely N-dealkylation sites (N-methyl/N-ethyl adjacent to an activating group) is 1. The SMILES string of the molecule is CN[C@H](CSCC1O[C@@H]2O[C@H]3CC(O)[C@@H](OC3CO)O[C@H]3C(CO)O[C@@H](O[C@H]4C(CO)O[C@@H](O[C@H]5C(CSC[C@@H](CC(=O)CCOCCOCCC(C)=O)C(=O)NCCS)O[C@@H](O[C@H]6C(CO)O[C@H](O[C@H]7C(CO)O[C@H](O[C@@H]1[C@H](O)C2O)C(O)[C@H]7O)C(O)[C@H]6O)C(O)[C@H]5O)C(O)[C@H]4O)C(O)[C@H]3O)C(=O)NCCS. The van der Waals surface area contributed by atoms with Gasteiger partial charge in [-0.05, 0) is 14.0 Å². The van der Waals surface area contributed by atoms with E-state index in [1.54, 1.807) is 0 Å². The molecule has 0 aromatic rings. The Morgan fingerprint density at radius 2 is 0.731 bits per heavy atom. The van der Waals surface area contributed by atoms with Gasteiger partial charge in [-0.3, -0.25) is 19.2 Å². The second-order valence-electron chi connectivity index (χ2n) is 27.0. The normalized spacial score (nSPS) is 42.6. The molecule has 0 radical (unpaired) electrons. The number of amides is 2. The Kier molecular flexibility index (Phi) is 37.9. The number of ketones is 2. The number of carbonyl (C=O) groups excluding carboxylic acids is 4. The van der Waals surface area contributed by atoms with E-state index < -0.39 is 272 Å². The van der Waals surface area contributed by atoms with E-state index in [4.69, 9.17) is 75.8 Å². The number of hydrogen-bond donors (Lipinski definition) is 23. The predicted octanol–water partition coefficient (Wildman–Crippen LogP) is -12.1. The molecule has 108 heavy (non-hydrogen) atoms. The highest BCUT2D eigenvalue weighted by atomic mass is 32.2. The number of aliphatic hydroxyl groups excluding tert-OH is 18. The van der Waals surface area contributed by atoms with Gasteiger partial charge >= 0.3 is 0 Å². The first-order valence-corrected chi connectivity index (χ1v) is 39.1. The van der Waals surface area contributed by atoms with Gasteiger partial charge in [0.2, 0.25) is 11.8 Å². The van der Waals surface area contributed by atoms with Gasteiger partial charge in [0.25, 0.3) is 0 Å². The molecule has 0 spiro atoms. The van der Waals surface area contributed by atoms with Crippen molar-refractivity contribution >= 4 is 72.2 Å². The van der Waals surface area contributed by atoms with Crippen LogP contribution >= 0.6 is 48.8 Å². The summed E-state index contributed by atoms with van der Waals surface area (Å²) in [6.07, 6.45) is -67.3. The van der Waals surface area contributed by atoms with Crippen molar-refractivity contribution in [1.29, 1.82) is 0 Å². The molecule has 0 aromatic carbocycles. The number of ether oxygens (including phenoxy) is 16. The number of Topliss-reactive ketones (excluding diaryl/α,β-unsaturated/α-hetero) is 2. The van der Waals surface area contributed by atoms with Crippen LogP contribution in [0.15, 0.2) is 0 Å². The van der Waals surface area contributed by atoms with Gasteiger partial charge in [-0.2, -0.15) is 48.8 Å². The molecule has 2 amide bonds. The van der Waals surface area contributed by atoms with Crippen LogP contribution in [-0.4, -0.2) is 444 Å². The van der Waals surface area contributed by atoms with Crippen molar-refractivity contribution in [3.05, 3.63) is 0 Å². The number of hydrogen-bond acceptors (Lipinski definition) is 43. The van der Waals surface area contributed by atoms with Crippen molar-refractivity contribution in [3.63, 3.8) is 0 Å². The highest BCUT2D eigenvalue weighted by Gasteiger charge is 2.59. The summed E-state index contributed by atoms with van der Waals surface area (Å²) in [5.41, 5.74) is 0. The molecule has 14 unspecified atom stereocenters. The fourth-order valence-corrected chi connectivity index (χ4v) is 15.8. The van der Waals surface area contributed by atoms with Gasteiger partial charge in [0.1, 0.15) is 158 Å². The first-order chi connectivity index (χ1) is 51.7. The van der Waals surface area contributed by atoms with Crippen molar-refractivity contribution in [2.24, 2.45) is 5.92 Å². The summed E-state index contributed by atoms with van der Waals surface area (Å²) in [6.45, 7) is -3.02. The molecule has 41 nitrogen and oxygen atoms in total. The molecule has 21 N–H and O–H groups in total. The predicted molar refractivity (Wildman–Crippen MR) is 369 cm³/mol. The van der Waals surface area contributed by atoms with Crippen LogP contribution < -0.4 is 16.0 Å². The van der Waals surface area contributed by atoms with E-state index in [0.29, 0.717) is 5.75 Å². The highest BCUT2D eigenvalue weighted by molar-refractivity contribution is 7.99. The van der Waals surface area contributed by atoms with Gasteiger partial charge in [0, 0.05) is 73.3 Å². The van der Waals surface area contributed by atoms with Crippen LogP contribution in [0.4, 0.5) is 0 Å². The van der Waals surface area contributed by atoms with Crippen molar-refractivity contribution in [2.45, 2.75) is 247 Å². The third-order valence-corrected chi connectivity index (χ3v) is 22.1. The van der Waals surface area contributed by atoms with Gasteiger partial charge in [-0.25, -0.2) is 0 Å². The lowest BCUT2D eigenvalue weighted by atomic mass is 9.95. The van der Waals surface area contributed by atoms with Crippen LogP contribution in [0.1, 0.15) is 32.6 Å². The maximum Gasteiger partial charge on any atom is 0.238 e. The van der Waals surface area contributed by atoms with Crippen LogP contribution in [0.3, 0.4) is 0 Å². The van der Waals surface area contributed by atoms with Crippen molar-refractivity contribution in [3.8, 4) is 0 Å². The van der Waals surface area contributed by atoms with Gasteiger partial charge in [-0.15, -0.1) is 0 Å². The molecule has 36 atom stereocenters. The van der Waals surface area contributed by atoms with E-state index in [1.807, 2.05) is 0 Å². The van der Waals surface area contributed by atoms with Gasteiger partial charge in [-0.1, -0.05) is 0 Å². The molecule has 14 bridgehead atoms. The zero-order chi connectivity index (χ0) is 78.8. The number of carbonyl (C=O) groups is 4. The molecule has 21 aliphatic heterocycles. The maximum absolute atomic E-state index is 13.6. The van der Waals surface area contributed by atoms with Crippen molar-refractivity contribution < 1.29 is 187 Å². The van der Waals surface area contributed by atoms with E-state index >= 15 is 0 Å². The molecule has 0 saturated carbocycles. The van der Waals surface area contributed by atoms with E-state index in [9.17, 15) is 111 Å². The van der Waals surface area contributed by atoms with E-state index in [0.717, 1.165) is 23.5 Å². The maximum atomic E-state index is 13.6. The minimum absolute atomic E-state index is 0.0327. The zero-order valence-electron chi connectivity index (χ0n) is 59.1. The first-order valence-electron chi connectivity index (χ1n) is 35.5. The highest BCUT2D eigenvalue weighted by Crippen LogP contribution is 2.40. The lowest BCUT2D eigenvalue weighted by molar-refractivity contribution is -0.394. The summed E-state index contributed by atoms with van der Waals surface area (Å²) in [6, 6.07) is -0.823. The number of thioether (sulfide) groups is 2. The molecule has 0 aromatic heterocycles. The minimum Gasteiger partial charge on any atom is -0.394 e. The smallest absolute Gasteiger partial charge is 0.238 e. The molecule has 626 valence electrons. The van der Waals surface area contributed by atoms with E-state index in [1.165, 1.54) is 14.0 Å². The molecule has 21 fully saturated rings. The van der Waals surface area contributed by atoms with Gasteiger partial charge in [0.15, 0.2) is 44.0 Å². The summed E-state index contributed by atoms with van der Waals surface area (Å²) < 4.78 is 95.1. The second-order valence-corrected chi connectivity index (χ2v) is 30.0. The average molecular weight is 1640 g/mol. The van der Waals surface area contributed by atoms with Crippen LogP contribution in [-0.2, 0) is 95.0 Å². The third kappa shape index (κ3) is 23.6. The number of thiol groups is 2. The molecule has 45 heteroatoms. The Bertz CT molecular complexity index is 2710. The molecular weight excluding hydrogens is 1530 g/mol. The summed E-state index contributed by atoms with van der Waals surface area (Å²) in [5, 5.41) is 215. The largest absolute Gasteiger partial charge is 0.394 e. The summed E-state index contributed by atoms with van der Waals surface area (Å²) in [7, 11) is 1.52. The fourth-order valence-electron chi connectivity index (χ4n) is 13.2.